The standard InChI is InChI=1S/C13H18N6O2/c1-8(2)18-13(12(19(20)21)9(3)17-18)15-7-11-5-6-14-10(4)16-11/h5-6,8,15H,7H2,1-4H3. The summed E-state index contributed by atoms with van der Waals surface area (Å²) in [4.78, 5) is 19.1. The Hall–Kier alpha value is -2.51. The molecule has 0 spiro atoms. The third-order valence-corrected chi connectivity index (χ3v) is 3.00. The molecule has 0 unspecified atom stereocenters. The molecule has 0 aliphatic carbocycles. The van der Waals surface area contributed by atoms with Crippen molar-refractivity contribution in [2.75, 3.05) is 5.32 Å². The molecule has 0 atom stereocenters. The summed E-state index contributed by atoms with van der Waals surface area (Å²) >= 11 is 0. The van der Waals surface area contributed by atoms with Gasteiger partial charge in [0.05, 0.1) is 17.2 Å². The number of nitrogens with one attached hydrogen (secondary N) is 1. The SMILES string of the molecule is Cc1nccc(CNc2c([N+](=O)[O-])c(C)nn2C(C)C)n1. The van der Waals surface area contributed by atoms with Crippen molar-refractivity contribution in [2.24, 2.45) is 0 Å². The van der Waals surface area contributed by atoms with Gasteiger partial charge in [-0.05, 0) is 33.8 Å². The number of hydrogen-bond donors (Lipinski definition) is 1. The van der Waals surface area contributed by atoms with Crippen molar-refractivity contribution >= 4 is 11.5 Å². The van der Waals surface area contributed by atoms with Gasteiger partial charge in [-0.2, -0.15) is 5.10 Å². The van der Waals surface area contributed by atoms with Crippen LogP contribution >= 0.6 is 0 Å². The number of anilines is 1. The Morgan fingerprint density at radius 3 is 2.71 bits per heavy atom. The zero-order valence-electron chi connectivity index (χ0n) is 12.5. The maximum atomic E-state index is 11.2. The Morgan fingerprint density at radius 1 is 1.43 bits per heavy atom. The first kappa shape index (κ1) is 14.9. The monoisotopic (exact) mass is 290 g/mol. The van der Waals surface area contributed by atoms with Gasteiger partial charge in [0.15, 0.2) is 0 Å². The third kappa shape index (κ3) is 3.15. The van der Waals surface area contributed by atoms with Gasteiger partial charge in [-0.3, -0.25) is 10.1 Å². The molecule has 0 fully saturated rings. The quantitative estimate of drug-likeness (QED) is 0.670. The van der Waals surface area contributed by atoms with Crippen LogP contribution in [0.5, 0.6) is 0 Å². The Morgan fingerprint density at radius 2 is 2.14 bits per heavy atom. The van der Waals surface area contributed by atoms with E-state index in [0.29, 0.717) is 23.9 Å². The van der Waals surface area contributed by atoms with Crippen LogP contribution in [-0.2, 0) is 6.54 Å². The van der Waals surface area contributed by atoms with Crippen molar-refractivity contribution in [3.05, 3.63) is 39.6 Å². The molecule has 2 aromatic rings. The van der Waals surface area contributed by atoms with E-state index in [-0.39, 0.29) is 11.7 Å². The molecule has 0 amide bonds. The first-order valence-corrected chi connectivity index (χ1v) is 6.66. The molecule has 1 N–H and O–H groups in total. The van der Waals surface area contributed by atoms with Crippen LogP contribution in [-0.4, -0.2) is 24.7 Å². The van der Waals surface area contributed by atoms with Crippen molar-refractivity contribution < 1.29 is 4.92 Å². The van der Waals surface area contributed by atoms with Crippen LogP contribution in [0.2, 0.25) is 0 Å². The molecule has 2 rings (SSSR count). The number of nitrogens with zero attached hydrogens (tertiary/aromatic N) is 5. The van der Waals surface area contributed by atoms with Gasteiger partial charge in [0.1, 0.15) is 11.5 Å². The average molecular weight is 290 g/mol. The highest BCUT2D eigenvalue weighted by atomic mass is 16.6. The van der Waals surface area contributed by atoms with Crippen LogP contribution in [0.3, 0.4) is 0 Å². The maximum absolute atomic E-state index is 11.2. The second-order valence-corrected chi connectivity index (χ2v) is 5.03. The molecule has 0 radical (unpaired) electrons. The summed E-state index contributed by atoms with van der Waals surface area (Å²) in [7, 11) is 0. The summed E-state index contributed by atoms with van der Waals surface area (Å²) in [5, 5.41) is 18.5. The zero-order chi connectivity index (χ0) is 15.6. The lowest BCUT2D eigenvalue weighted by Crippen LogP contribution is -2.12. The van der Waals surface area contributed by atoms with Gasteiger partial charge in [0.2, 0.25) is 5.82 Å². The summed E-state index contributed by atoms with van der Waals surface area (Å²) in [6.45, 7) is 7.67. The van der Waals surface area contributed by atoms with E-state index in [2.05, 4.69) is 20.4 Å². The van der Waals surface area contributed by atoms with Crippen molar-refractivity contribution in [1.29, 1.82) is 0 Å². The van der Waals surface area contributed by atoms with Gasteiger partial charge in [-0.1, -0.05) is 0 Å². The molecule has 8 nitrogen and oxygen atoms in total. The highest BCUT2D eigenvalue weighted by molar-refractivity contribution is 5.59. The van der Waals surface area contributed by atoms with Crippen molar-refractivity contribution in [3.63, 3.8) is 0 Å². The summed E-state index contributed by atoms with van der Waals surface area (Å²) in [6, 6.07) is 1.79. The minimum atomic E-state index is -0.408. The molecule has 8 heteroatoms. The predicted octanol–water partition coefficient (Wildman–Crippen LogP) is 2.39. The highest BCUT2D eigenvalue weighted by Crippen LogP contribution is 2.30. The van der Waals surface area contributed by atoms with Gasteiger partial charge in [-0.25, -0.2) is 14.6 Å². The van der Waals surface area contributed by atoms with Crippen LogP contribution < -0.4 is 5.32 Å². The van der Waals surface area contributed by atoms with E-state index in [1.165, 1.54) is 0 Å². The van der Waals surface area contributed by atoms with Crippen LogP contribution in [0.4, 0.5) is 11.5 Å². The van der Waals surface area contributed by atoms with Gasteiger partial charge in [-0.15, -0.1) is 0 Å². The summed E-state index contributed by atoms with van der Waals surface area (Å²) in [5.41, 5.74) is 1.18. The summed E-state index contributed by atoms with van der Waals surface area (Å²) in [5.74, 6) is 1.07. The van der Waals surface area contributed by atoms with Crippen LogP contribution in [0.1, 0.15) is 37.1 Å². The van der Waals surface area contributed by atoms with E-state index < -0.39 is 4.92 Å². The lowest BCUT2D eigenvalue weighted by molar-refractivity contribution is -0.384. The first-order chi connectivity index (χ1) is 9.90. The lowest BCUT2D eigenvalue weighted by Gasteiger charge is -2.11. The number of aromatic nitrogens is 4. The molecule has 2 aromatic heterocycles. The number of nitro groups is 1. The van der Waals surface area contributed by atoms with Crippen LogP contribution in [0, 0.1) is 24.0 Å². The van der Waals surface area contributed by atoms with Crippen molar-refractivity contribution in [1.82, 2.24) is 19.7 Å². The second kappa shape index (κ2) is 5.86. The second-order valence-electron chi connectivity index (χ2n) is 5.03. The Kier molecular flexibility index (Phi) is 4.15. The minimum Gasteiger partial charge on any atom is -0.359 e. The Bertz CT molecular complexity index is 665. The lowest BCUT2D eigenvalue weighted by atomic mass is 10.3. The maximum Gasteiger partial charge on any atom is 0.333 e. The molecule has 0 saturated heterocycles. The first-order valence-electron chi connectivity index (χ1n) is 6.66. The fourth-order valence-electron chi connectivity index (χ4n) is 2.07. The van der Waals surface area contributed by atoms with E-state index >= 15 is 0 Å². The zero-order valence-corrected chi connectivity index (χ0v) is 12.5. The van der Waals surface area contributed by atoms with Crippen molar-refractivity contribution in [3.8, 4) is 0 Å². The molecule has 21 heavy (non-hydrogen) atoms. The Labute approximate surface area is 122 Å². The Balaban J connectivity index is 2.32. The van der Waals surface area contributed by atoms with Crippen LogP contribution in [0.15, 0.2) is 12.3 Å². The van der Waals surface area contributed by atoms with Gasteiger partial charge >= 0.3 is 5.69 Å². The average Bonchev–Trinajstić information content (AvgIpc) is 2.73. The molecule has 0 aliphatic rings. The normalized spacial score (nSPS) is 10.9. The fraction of sp³-hybridized carbons (Fsp3) is 0.462. The van der Waals surface area contributed by atoms with Gasteiger partial charge < -0.3 is 5.32 Å². The van der Waals surface area contributed by atoms with E-state index in [1.54, 1.807) is 30.8 Å². The predicted molar refractivity (Wildman–Crippen MR) is 78.1 cm³/mol. The van der Waals surface area contributed by atoms with E-state index in [4.69, 9.17) is 0 Å². The molecule has 0 saturated carbocycles. The number of hydrogen-bond acceptors (Lipinski definition) is 6. The molecular weight excluding hydrogens is 272 g/mol. The highest BCUT2D eigenvalue weighted by Gasteiger charge is 2.26. The van der Waals surface area contributed by atoms with Gasteiger partial charge in [0.25, 0.3) is 0 Å². The third-order valence-electron chi connectivity index (χ3n) is 3.00. The largest absolute Gasteiger partial charge is 0.359 e. The van der Waals surface area contributed by atoms with E-state index in [0.717, 1.165) is 5.69 Å². The minimum absolute atomic E-state index is 0.00878. The topological polar surface area (TPSA) is 98.8 Å². The smallest absolute Gasteiger partial charge is 0.333 e. The number of rotatable bonds is 5. The van der Waals surface area contributed by atoms with E-state index in [1.807, 2.05) is 13.8 Å². The van der Waals surface area contributed by atoms with Gasteiger partial charge in [0, 0.05) is 12.2 Å². The molecule has 0 aliphatic heterocycles. The van der Waals surface area contributed by atoms with Crippen molar-refractivity contribution in [2.45, 2.75) is 40.3 Å². The summed E-state index contributed by atoms with van der Waals surface area (Å²) in [6.07, 6.45) is 1.67. The molecule has 112 valence electrons. The molecular formula is C13H18N6O2. The molecule has 0 aromatic carbocycles. The number of aryl methyl sites for hydroxylation is 2. The molecule has 0 bridgehead atoms. The fourth-order valence-corrected chi connectivity index (χ4v) is 2.07. The summed E-state index contributed by atoms with van der Waals surface area (Å²) < 4.78 is 1.63. The molecule has 2 heterocycles. The van der Waals surface area contributed by atoms with E-state index in [9.17, 15) is 10.1 Å². The van der Waals surface area contributed by atoms with Crippen LogP contribution in [0.25, 0.3) is 0 Å².